The normalized spacial score (nSPS) is 23.0. The van der Waals surface area contributed by atoms with E-state index in [2.05, 4.69) is 0 Å². The van der Waals surface area contributed by atoms with Crippen LogP contribution >= 0.6 is 15.2 Å². The maximum Gasteiger partial charge on any atom is 0.373 e. The van der Waals surface area contributed by atoms with Crippen LogP contribution in [-0.4, -0.2) is 29.8 Å². The van der Waals surface area contributed by atoms with Crippen LogP contribution in [0.3, 0.4) is 0 Å². The highest BCUT2D eigenvalue weighted by Crippen LogP contribution is 2.69. The summed E-state index contributed by atoms with van der Waals surface area (Å²) in [6.45, 7) is 7.87. The van der Waals surface area contributed by atoms with Gasteiger partial charge in [-0.2, -0.15) is 0 Å². The molecule has 1 aliphatic carbocycles. The lowest BCUT2D eigenvalue weighted by Gasteiger charge is -2.43. The van der Waals surface area contributed by atoms with Gasteiger partial charge in [0.25, 0.3) is 5.08 Å². The summed E-state index contributed by atoms with van der Waals surface area (Å²) >= 11 is 0. The van der Waals surface area contributed by atoms with E-state index < -0.39 is 20.3 Å². The molecule has 1 fully saturated rings. The van der Waals surface area contributed by atoms with Gasteiger partial charge in [-0.05, 0) is 36.2 Å². The van der Waals surface area contributed by atoms with Gasteiger partial charge in [-0.25, -0.2) is 0 Å². The third-order valence-electron chi connectivity index (χ3n) is 3.62. The van der Waals surface area contributed by atoms with Crippen molar-refractivity contribution < 1.29 is 33.8 Å². The second kappa shape index (κ2) is 5.27. The van der Waals surface area contributed by atoms with Crippen LogP contribution in [0.1, 0.15) is 47.0 Å². The van der Waals surface area contributed by atoms with Gasteiger partial charge in [-0.1, -0.05) is 33.3 Å². The van der Waals surface area contributed by atoms with Gasteiger partial charge in [0.15, 0.2) is 0 Å². The Balaban J connectivity index is 3.37. The number of hydrogen-bond donors (Lipinski definition) is 5. The number of hydrogen-bond acceptors (Lipinski definition) is 3. The summed E-state index contributed by atoms with van der Waals surface area (Å²) in [5.41, 5.74) is 0.0849. The molecule has 0 aliphatic heterocycles. The standard InChI is InChI=1S/C12H24O7P2/c1-10(2)5-9(6-11(3,4)8-10)7-12(13,20(14,15)16)21(17,18)19/h7,13H,5-6,8H2,1-4H3,(H2,14,15,16)(H2,17,18,19). The van der Waals surface area contributed by atoms with E-state index in [0.717, 1.165) is 6.42 Å². The molecule has 0 aromatic heterocycles. The average Bonchev–Trinajstić information content (AvgIpc) is 2.07. The summed E-state index contributed by atoms with van der Waals surface area (Å²) in [5.74, 6) is 0. The van der Waals surface area contributed by atoms with E-state index in [1.165, 1.54) is 0 Å². The van der Waals surface area contributed by atoms with Gasteiger partial charge in [0.1, 0.15) is 0 Å². The van der Waals surface area contributed by atoms with Crippen molar-refractivity contribution in [2.75, 3.05) is 0 Å². The zero-order chi connectivity index (χ0) is 16.9. The Morgan fingerprint density at radius 1 is 0.952 bits per heavy atom. The average molecular weight is 342 g/mol. The number of aliphatic hydroxyl groups is 1. The van der Waals surface area contributed by atoms with Crippen molar-refractivity contribution in [2.45, 2.75) is 52.0 Å². The minimum Gasteiger partial charge on any atom is -0.364 e. The van der Waals surface area contributed by atoms with Gasteiger partial charge in [0.2, 0.25) is 0 Å². The van der Waals surface area contributed by atoms with Gasteiger partial charge in [-0.3, -0.25) is 9.13 Å². The molecular weight excluding hydrogens is 318 g/mol. The molecule has 0 atom stereocenters. The third-order valence-corrected chi connectivity index (χ3v) is 7.16. The first-order valence-electron chi connectivity index (χ1n) is 6.53. The maximum atomic E-state index is 11.4. The van der Waals surface area contributed by atoms with Crippen LogP contribution in [0.5, 0.6) is 0 Å². The minimum atomic E-state index is -5.44. The zero-order valence-electron chi connectivity index (χ0n) is 12.6. The van der Waals surface area contributed by atoms with Gasteiger partial charge in [0, 0.05) is 0 Å². The fourth-order valence-electron chi connectivity index (χ4n) is 3.43. The van der Waals surface area contributed by atoms with E-state index in [4.69, 9.17) is 0 Å². The van der Waals surface area contributed by atoms with Crippen molar-refractivity contribution in [2.24, 2.45) is 10.8 Å². The lowest BCUT2D eigenvalue weighted by Crippen LogP contribution is -2.32. The molecule has 7 nitrogen and oxygen atoms in total. The topological polar surface area (TPSA) is 135 Å². The van der Waals surface area contributed by atoms with Crippen molar-refractivity contribution in [3.8, 4) is 0 Å². The molecule has 0 aromatic rings. The Bertz CT molecular complexity index is 498. The summed E-state index contributed by atoms with van der Waals surface area (Å²) in [7, 11) is -10.9. The van der Waals surface area contributed by atoms with Crippen LogP contribution in [0.25, 0.3) is 0 Å². The Hall–Kier alpha value is -0.0000000000000000416. The molecule has 1 aliphatic rings. The van der Waals surface area contributed by atoms with E-state index in [0.29, 0.717) is 24.5 Å². The summed E-state index contributed by atoms with van der Waals surface area (Å²) in [4.78, 5) is 36.7. The highest BCUT2D eigenvalue weighted by molar-refractivity contribution is 7.72. The van der Waals surface area contributed by atoms with Crippen molar-refractivity contribution in [3.63, 3.8) is 0 Å². The van der Waals surface area contributed by atoms with Gasteiger partial charge in [0.05, 0.1) is 0 Å². The van der Waals surface area contributed by atoms with E-state index in [1.54, 1.807) is 0 Å². The maximum absolute atomic E-state index is 11.4. The Kier molecular flexibility index (Phi) is 4.78. The number of allylic oxidation sites excluding steroid dienone is 1. The van der Waals surface area contributed by atoms with Crippen LogP contribution in [-0.2, 0) is 9.13 Å². The molecule has 0 amide bonds. The quantitative estimate of drug-likeness (QED) is 0.392. The summed E-state index contributed by atoms with van der Waals surface area (Å²) in [5, 5.41) is 6.51. The van der Waals surface area contributed by atoms with Crippen LogP contribution < -0.4 is 0 Å². The molecular formula is C12H24O7P2. The van der Waals surface area contributed by atoms with Crippen molar-refractivity contribution in [3.05, 3.63) is 11.6 Å². The second-order valence-electron chi connectivity index (χ2n) is 7.44. The van der Waals surface area contributed by atoms with Crippen molar-refractivity contribution in [1.29, 1.82) is 0 Å². The lowest BCUT2D eigenvalue weighted by molar-refractivity contribution is 0.143. The van der Waals surface area contributed by atoms with Gasteiger partial charge < -0.3 is 24.7 Å². The van der Waals surface area contributed by atoms with Gasteiger partial charge in [-0.15, -0.1) is 0 Å². The first kappa shape index (κ1) is 19.0. The van der Waals surface area contributed by atoms with E-state index >= 15 is 0 Å². The molecule has 0 aromatic carbocycles. The largest absolute Gasteiger partial charge is 0.373 e. The molecule has 0 heterocycles. The molecule has 0 unspecified atom stereocenters. The predicted molar refractivity (Wildman–Crippen MR) is 78.5 cm³/mol. The van der Waals surface area contributed by atoms with E-state index in [-0.39, 0.29) is 10.8 Å². The molecule has 0 saturated heterocycles. The molecule has 124 valence electrons. The van der Waals surface area contributed by atoms with Crippen LogP contribution in [0.4, 0.5) is 0 Å². The number of rotatable bonds is 3. The van der Waals surface area contributed by atoms with E-state index in [1.807, 2.05) is 27.7 Å². The van der Waals surface area contributed by atoms with Gasteiger partial charge >= 0.3 is 15.2 Å². The van der Waals surface area contributed by atoms with Crippen molar-refractivity contribution >= 4 is 15.2 Å². The second-order valence-corrected chi connectivity index (χ2v) is 11.3. The SMILES string of the molecule is CC1(C)CC(=CC(O)(P(=O)(O)O)P(=O)(O)O)CC(C)(C)C1. The first-order chi connectivity index (χ1) is 8.99. The molecule has 1 saturated carbocycles. The molecule has 5 N–H and O–H groups in total. The first-order valence-corrected chi connectivity index (χ1v) is 9.76. The molecule has 0 spiro atoms. The molecule has 21 heavy (non-hydrogen) atoms. The summed E-state index contributed by atoms with van der Waals surface area (Å²) in [6, 6.07) is 0. The molecule has 0 bridgehead atoms. The van der Waals surface area contributed by atoms with Crippen molar-refractivity contribution in [1.82, 2.24) is 0 Å². The Morgan fingerprint density at radius 3 is 1.57 bits per heavy atom. The monoisotopic (exact) mass is 342 g/mol. The zero-order valence-corrected chi connectivity index (χ0v) is 14.4. The van der Waals surface area contributed by atoms with Crippen LogP contribution in [0.2, 0.25) is 0 Å². The molecule has 9 heteroatoms. The Morgan fingerprint density at radius 2 is 1.29 bits per heavy atom. The third kappa shape index (κ3) is 4.26. The summed E-state index contributed by atoms with van der Waals surface area (Å²) in [6.07, 6.45) is 2.39. The van der Waals surface area contributed by atoms with Crippen LogP contribution in [0, 0.1) is 10.8 Å². The Labute approximate surface area is 124 Å². The molecule has 1 rings (SSSR count). The fourth-order valence-corrected chi connectivity index (χ4v) is 5.49. The smallest absolute Gasteiger partial charge is 0.364 e. The highest BCUT2D eigenvalue weighted by atomic mass is 31.2. The fraction of sp³-hybridized carbons (Fsp3) is 0.833. The minimum absolute atomic E-state index is 0.182. The molecule has 0 radical (unpaired) electrons. The highest BCUT2D eigenvalue weighted by Gasteiger charge is 2.58. The lowest BCUT2D eigenvalue weighted by atomic mass is 9.63. The predicted octanol–water partition coefficient (Wildman–Crippen LogP) is 2.15. The van der Waals surface area contributed by atoms with Crippen LogP contribution in [0.15, 0.2) is 11.6 Å². The summed E-state index contributed by atoms with van der Waals surface area (Å²) < 4.78 is 22.8. The van der Waals surface area contributed by atoms with E-state index in [9.17, 15) is 33.8 Å².